The van der Waals surface area contributed by atoms with Crippen LogP contribution in [0.1, 0.15) is 19.8 Å². The maximum atomic E-state index is 8.70. The molecule has 0 aliphatic heterocycles. The van der Waals surface area contributed by atoms with Gasteiger partial charge in [0.25, 0.3) is 0 Å². The normalized spacial score (nSPS) is 12.5. The van der Waals surface area contributed by atoms with E-state index in [0.717, 1.165) is 17.2 Å². The molecule has 5 heteroatoms. The lowest BCUT2D eigenvalue weighted by molar-refractivity contribution is 0.826. The summed E-state index contributed by atoms with van der Waals surface area (Å²) in [6.07, 6.45) is 3.44. The number of hydrogen-bond acceptors (Lipinski definition) is 4. The van der Waals surface area contributed by atoms with Crippen LogP contribution in [0.25, 0.3) is 5.65 Å². The molecule has 0 bridgehead atoms. The Morgan fingerprint density at radius 2 is 2.38 bits per heavy atom. The molecular formula is C11H12N4S. The molecule has 2 heterocycles. The van der Waals surface area contributed by atoms with Crippen LogP contribution in [0.3, 0.4) is 0 Å². The number of pyridine rings is 1. The quantitative estimate of drug-likeness (QED) is 0.760. The van der Waals surface area contributed by atoms with Gasteiger partial charge in [0.05, 0.1) is 6.07 Å². The molecule has 0 fully saturated rings. The van der Waals surface area contributed by atoms with Crippen molar-refractivity contribution in [2.75, 3.05) is 0 Å². The highest BCUT2D eigenvalue weighted by Gasteiger charge is 2.12. The number of fused-ring (bicyclic) bond motifs is 1. The Balaban J connectivity index is 2.24. The maximum absolute atomic E-state index is 8.70. The first-order chi connectivity index (χ1) is 7.85. The fourth-order valence-corrected chi connectivity index (χ4v) is 2.40. The predicted octanol–water partition coefficient (Wildman–Crippen LogP) is 2.51. The Hall–Kier alpha value is -1.54. The van der Waals surface area contributed by atoms with Crippen molar-refractivity contribution in [1.29, 1.82) is 5.26 Å². The van der Waals surface area contributed by atoms with Crippen LogP contribution in [0.4, 0.5) is 0 Å². The van der Waals surface area contributed by atoms with Gasteiger partial charge in [0.2, 0.25) is 0 Å². The van der Waals surface area contributed by atoms with Gasteiger partial charge in [0, 0.05) is 17.9 Å². The van der Waals surface area contributed by atoms with E-state index >= 15 is 0 Å². The Kier molecular flexibility index (Phi) is 3.42. The lowest BCUT2D eigenvalue weighted by Crippen LogP contribution is -2.00. The number of nitrogens with zero attached hydrogens (tertiary/aromatic N) is 4. The third-order valence-electron chi connectivity index (χ3n) is 2.33. The standard InChI is InChI=1S/C11H12N4S/c1-2-9(6-7-12)16-11-14-13-10-5-3-4-8-15(10)11/h3-5,8-9H,2,6H2,1H3. The largest absolute Gasteiger partial charge is 0.277 e. The van der Waals surface area contributed by atoms with Crippen molar-refractivity contribution >= 4 is 17.4 Å². The average Bonchev–Trinajstić information content (AvgIpc) is 2.72. The topological polar surface area (TPSA) is 54.0 Å². The van der Waals surface area contributed by atoms with Crippen molar-refractivity contribution < 1.29 is 0 Å². The first-order valence-electron chi connectivity index (χ1n) is 5.18. The third-order valence-corrected chi connectivity index (χ3v) is 3.65. The zero-order valence-electron chi connectivity index (χ0n) is 9.00. The van der Waals surface area contributed by atoms with Crippen molar-refractivity contribution in [3.05, 3.63) is 24.4 Å². The number of nitriles is 1. The van der Waals surface area contributed by atoms with Gasteiger partial charge >= 0.3 is 0 Å². The zero-order chi connectivity index (χ0) is 11.4. The second-order valence-electron chi connectivity index (χ2n) is 3.42. The highest BCUT2D eigenvalue weighted by atomic mass is 32.2. The van der Waals surface area contributed by atoms with E-state index in [9.17, 15) is 0 Å². The molecule has 0 saturated heterocycles. The monoisotopic (exact) mass is 232 g/mol. The first kappa shape index (κ1) is 11.0. The fourth-order valence-electron chi connectivity index (χ4n) is 1.42. The Labute approximate surface area is 98.3 Å². The molecule has 0 radical (unpaired) electrons. The predicted molar refractivity (Wildman–Crippen MR) is 63.2 cm³/mol. The molecule has 1 unspecified atom stereocenters. The van der Waals surface area contributed by atoms with E-state index in [1.54, 1.807) is 11.8 Å². The van der Waals surface area contributed by atoms with Gasteiger partial charge in [-0.1, -0.05) is 24.8 Å². The van der Waals surface area contributed by atoms with Crippen molar-refractivity contribution in [2.24, 2.45) is 0 Å². The summed E-state index contributed by atoms with van der Waals surface area (Å²) in [4.78, 5) is 0. The molecular weight excluding hydrogens is 220 g/mol. The molecule has 0 spiro atoms. The first-order valence-corrected chi connectivity index (χ1v) is 6.06. The SMILES string of the molecule is CCC(CC#N)Sc1nnc2ccccn12. The molecule has 2 rings (SSSR count). The van der Waals surface area contributed by atoms with Crippen molar-refractivity contribution in [3.63, 3.8) is 0 Å². The second-order valence-corrected chi connectivity index (χ2v) is 4.69. The Bertz CT molecular complexity index is 514. The van der Waals surface area contributed by atoms with Crippen molar-refractivity contribution in [3.8, 4) is 6.07 Å². The van der Waals surface area contributed by atoms with E-state index in [4.69, 9.17) is 5.26 Å². The minimum atomic E-state index is 0.289. The van der Waals surface area contributed by atoms with Gasteiger partial charge in [-0.2, -0.15) is 5.26 Å². The van der Waals surface area contributed by atoms with Crippen LogP contribution in [0.5, 0.6) is 0 Å². The highest BCUT2D eigenvalue weighted by Crippen LogP contribution is 2.25. The molecule has 82 valence electrons. The average molecular weight is 232 g/mol. The maximum Gasteiger partial charge on any atom is 0.195 e. The molecule has 2 aromatic heterocycles. The van der Waals surface area contributed by atoms with Gasteiger partial charge < -0.3 is 0 Å². The molecule has 0 aromatic carbocycles. The summed E-state index contributed by atoms with van der Waals surface area (Å²) in [5, 5.41) is 18.1. The summed E-state index contributed by atoms with van der Waals surface area (Å²) in [6.45, 7) is 2.08. The van der Waals surface area contributed by atoms with Gasteiger partial charge in [0.1, 0.15) is 0 Å². The van der Waals surface area contributed by atoms with Gasteiger partial charge in [0.15, 0.2) is 10.8 Å². The minimum Gasteiger partial charge on any atom is -0.277 e. The molecule has 0 amide bonds. The summed E-state index contributed by atoms with van der Waals surface area (Å²) in [5.41, 5.74) is 0.844. The molecule has 0 aliphatic rings. The van der Waals surface area contributed by atoms with Gasteiger partial charge in [-0.05, 0) is 18.6 Å². The highest BCUT2D eigenvalue weighted by molar-refractivity contribution is 7.99. The van der Waals surface area contributed by atoms with E-state index in [1.807, 2.05) is 28.8 Å². The molecule has 0 saturated carbocycles. The van der Waals surface area contributed by atoms with Crippen LogP contribution in [-0.4, -0.2) is 19.8 Å². The van der Waals surface area contributed by atoms with Crippen LogP contribution in [0, 0.1) is 11.3 Å². The molecule has 0 N–H and O–H groups in total. The Morgan fingerprint density at radius 1 is 1.50 bits per heavy atom. The van der Waals surface area contributed by atoms with Gasteiger partial charge in [-0.3, -0.25) is 4.40 Å². The summed E-state index contributed by atoms with van der Waals surface area (Å²) < 4.78 is 1.95. The molecule has 4 nitrogen and oxygen atoms in total. The second kappa shape index (κ2) is 4.99. The van der Waals surface area contributed by atoms with Crippen LogP contribution in [0.15, 0.2) is 29.6 Å². The number of aromatic nitrogens is 3. The van der Waals surface area contributed by atoms with Crippen molar-refractivity contribution in [2.45, 2.75) is 30.2 Å². The molecule has 1 atom stereocenters. The smallest absolute Gasteiger partial charge is 0.195 e. The lowest BCUT2D eigenvalue weighted by Gasteiger charge is -2.07. The number of rotatable bonds is 4. The summed E-state index contributed by atoms with van der Waals surface area (Å²) >= 11 is 1.62. The Morgan fingerprint density at radius 3 is 3.12 bits per heavy atom. The van der Waals surface area contributed by atoms with Crippen molar-refractivity contribution in [1.82, 2.24) is 14.6 Å². The van der Waals surface area contributed by atoms with Crippen LogP contribution < -0.4 is 0 Å². The minimum absolute atomic E-state index is 0.289. The number of thioether (sulfide) groups is 1. The summed E-state index contributed by atoms with van der Waals surface area (Å²) in [7, 11) is 0. The van der Waals surface area contributed by atoms with Gasteiger partial charge in [-0.15, -0.1) is 10.2 Å². The van der Waals surface area contributed by atoms with E-state index in [2.05, 4.69) is 23.2 Å². The van der Waals surface area contributed by atoms with Crippen LogP contribution >= 0.6 is 11.8 Å². The fraction of sp³-hybridized carbons (Fsp3) is 0.364. The molecule has 0 aliphatic carbocycles. The van der Waals surface area contributed by atoms with Crippen LogP contribution in [0.2, 0.25) is 0 Å². The van der Waals surface area contributed by atoms with Gasteiger partial charge in [-0.25, -0.2) is 0 Å². The van der Waals surface area contributed by atoms with E-state index in [0.29, 0.717) is 6.42 Å². The van der Waals surface area contributed by atoms with E-state index in [1.165, 1.54) is 0 Å². The van der Waals surface area contributed by atoms with E-state index < -0.39 is 0 Å². The third kappa shape index (κ3) is 2.17. The lowest BCUT2D eigenvalue weighted by atomic mass is 10.3. The number of hydrogen-bond donors (Lipinski definition) is 0. The molecule has 16 heavy (non-hydrogen) atoms. The molecule has 2 aromatic rings. The summed E-state index contributed by atoms with van der Waals surface area (Å²) in [5.74, 6) is 0. The van der Waals surface area contributed by atoms with E-state index in [-0.39, 0.29) is 5.25 Å². The zero-order valence-corrected chi connectivity index (χ0v) is 9.81. The van der Waals surface area contributed by atoms with Crippen LogP contribution in [-0.2, 0) is 0 Å². The summed E-state index contributed by atoms with van der Waals surface area (Å²) in [6, 6.07) is 8.01.